The second-order valence-corrected chi connectivity index (χ2v) is 3.69. The number of nitrogens with zero attached hydrogens (tertiary/aromatic N) is 1. The van der Waals surface area contributed by atoms with Gasteiger partial charge < -0.3 is 10.2 Å². The summed E-state index contributed by atoms with van der Waals surface area (Å²) in [6.07, 6.45) is 4.02. The number of hydrogen-bond donors (Lipinski definition) is 1. The van der Waals surface area contributed by atoms with E-state index >= 15 is 0 Å². The fourth-order valence-corrected chi connectivity index (χ4v) is 1.92. The lowest BCUT2D eigenvalue weighted by Crippen LogP contribution is -2.37. The standard InChI is InChI=1S/C10H22N2/c1-3-8-12(4-2)9-10-6-5-7-11-10/h10-11H,3-9H2,1-2H3/t10-/m1/s1. The van der Waals surface area contributed by atoms with Crippen LogP contribution in [0.25, 0.3) is 0 Å². The van der Waals surface area contributed by atoms with Crippen LogP contribution in [0.5, 0.6) is 0 Å². The Morgan fingerprint density at radius 2 is 2.25 bits per heavy atom. The van der Waals surface area contributed by atoms with Crippen LogP contribution < -0.4 is 5.32 Å². The van der Waals surface area contributed by atoms with Crippen LogP contribution in [0.4, 0.5) is 0 Å². The number of nitrogens with one attached hydrogen (secondary N) is 1. The number of hydrogen-bond acceptors (Lipinski definition) is 2. The van der Waals surface area contributed by atoms with E-state index in [2.05, 4.69) is 24.1 Å². The molecule has 12 heavy (non-hydrogen) atoms. The molecular weight excluding hydrogens is 148 g/mol. The van der Waals surface area contributed by atoms with E-state index in [4.69, 9.17) is 0 Å². The summed E-state index contributed by atoms with van der Waals surface area (Å²) in [4.78, 5) is 2.54. The zero-order chi connectivity index (χ0) is 8.81. The Morgan fingerprint density at radius 1 is 1.42 bits per heavy atom. The fourth-order valence-electron chi connectivity index (χ4n) is 1.92. The molecule has 0 amide bonds. The minimum Gasteiger partial charge on any atom is -0.313 e. The van der Waals surface area contributed by atoms with Gasteiger partial charge in [0, 0.05) is 12.6 Å². The molecule has 0 radical (unpaired) electrons. The molecule has 1 aliphatic rings. The van der Waals surface area contributed by atoms with Gasteiger partial charge in [-0.2, -0.15) is 0 Å². The second kappa shape index (κ2) is 5.55. The van der Waals surface area contributed by atoms with Gasteiger partial charge in [-0.05, 0) is 38.9 Å². The quantitative estimate of drug-likeness (QED) is 0.672. The Bertz CT molecular complexity index is 108. The van der Waals surface area contributed by atoms with E-state index in [0.717, 1.165) is 6.04 Å². The first-order chi connectivity index (χ1) is 5.86. The van der Waals surface area contributed by atoms with E-state index in [9.17, 15) is 0 Å². The lowest BCUT2D eigenvalue weighted by molar-refractivity contribution is 0.262. The second-order valence-electron chi connectivity index (χ2n) is 3.69. The molecule has 0 aromatic rings. The molecule has 0 aliphatic carbocycles. The molecule has 2 nitrogen and oxygen atoms in total. The number of rotatable bonds is 5. The molecule has 0 aromatic heterocycles. The molecule has 72 valence electrons. The highest BCUT2D eigenvalue weighted by Gasteiger charge is 2.15. The molecule has 0 aromatic carbocycles. The Balaban J connectivity index is 2.16. The Labute approximate surface area is 76.3 Å². The van der Waals surface area contributed by atoms with Gasteiger partial charge in [0.15, 0.2) is 0 Å². The van der Waals surface area contributed by atoms with Crippen LogP contribution in [-0.2, 0) is 0 Å². The summed E-state index contributed by atoms with van der Waals surface area (Å²) in [5.74, 6) is 0. The average Bonchev–Trinajstić information content (AvgIpc) is 2.56. The van der Waals surface area contributed by atoms with Gasteiger partial charge in [-0.25, -0.2) is 0 Å². The lowest BCUT2D eigenvalue weighted by atomic mass is 10.2. The van der Waals surface area contributed by atoms with Crippen LogP contribution >= 0.6 is 0 Å². The molecule has 0 unspecified atom stereocenters. The van der Waals surface area contributed by atoms with Crippen LogP contribution in [0.15, 0.2) is 0 Å². The molecule has 1 fully saturated rings. The van der Waals surface area contributed by atoms with E-state index < -0.39 is 0 Å². The third-order valence-electron chi connectivity index (χ3n) is 2.63. The Kier molecular flexibility index (Phi) is 4.62. The summed E-state index contributed by atoms with van der Waals surface area (Å²) in [6.45, 7) is 9.45. The van der Waals surface area contributed by atoms with Gasteiger partial charge >= 0.3 is 0 Å². The maximum Gasteiger partial charge on any atom is 0.0195 e. The van der Waals surface area contributed by atoms with Gasteiger partial charge in [-0.15, -0.1) is 0 Å². The minimum absolute atomic E-state index is 0.775. The molecular formula is C10H22N2. The van der Waals surface area contributed by atoms with Crippen molar-refractivity contribution in [3.8, 4) is 0 Å². The summed E-state index contributed by atoms with van der Waals surface area (Å²) in [5.41, 5.74) is 0. The van der Waals surface area contributed by atoms with Gasteiger partial charge in [-0.1, -0.05) is 13.8 Å². The van der Waals surface area contributed by atoms with E-state index in [1.54, 1.807) is 0 Å². The van der Waals surface area contributed by atoms with Crippen LogP contribution in [0.1, 0.15) is 33.1 Å². The van der Waals surface area contributed by atoms with Crippen molar-refractivity contribution >= 4 is 0 Å². The SMILES string of the molecule is CCCN(CC)C[C@H]1CCCN1. The normalized spacial score (nSPS) is 23.8. The highest BCUT2D eigenvalue weighted by Crippen LogP contribution is 2.06. The molecule has 1 rings (SSSR count). The van der Waals surface area contributed by atoms with Crippen molar-refractivity contribution in [3.63, 3.8) is 0 Å². The topological polar surface area (TPSA) is 15.3 Å². The minimum atomic E-state index is 0.775. The highest BCUT2D eigenvalue weighted by atomic mass is 15.1. The van der Waals surface area contributed by atoms with Crippen LogP contribution in [0.3, 0.4) is 0 Å². The summed E-state index contributed by atoms with van der Waals surface area (Å²) >= 11 is 0. The maximum atomic E-state index is 3.54. The summed E-state index contributed by atoms with van der Waals surface area (Å²) in [6, 6.07) is 0.775. The molecule has 1 N–H and O–H groups in total. The fraction of sp³-hybridized carbons (Fsp3) is 1.00. The van der Waals surface area contributed by atoms with E-state index in [0.29, 0.717) is 0 Å². The summed E-state index contributed by atoms with van der Waals surface area (Å²) in [5, 5.41) is 3.54. The van der Waals surface area contributed by atoms with Gasteiger partial charge in [-0.3, -0.25) is 0 Å². The first-order valence-corrected chi connectivity index (χ1v) is 5.32. The monoisotopic (exact) mass is 170 g/mol. The van der Waals surface area contributed by atoms with Crippen molar-refractivity contribution in [1.82, 2.24) is 10.2 Å². The molecule has 2 heteroatoms. The Hall–Kier alpha value is -0.0800. The van der Waals surface area contributed by atoms with Crippen molar-refractivity contribution in [2.45, 2.75) is 39.2 Å². The molecule has 1 heterocycles. The molecule has 0 spiro atoms. The van der Waals surface area contributed by atoms with Gasteiger partial charge in [0.05, 0.1) is 0 Å². The zero-order valence-electron chi connectivity index (χ0n) is 8.47. The predicted molar refractivity (Wildman–Crippen MR) is 53.4 cm³/mol. The van der Waals surface area contributed by atoms with Crippen LogP contribution in [-0.4, -0.2) is 37.1 Å². The maximum absolute atomic E-state index is 3.54. The predicted octanol–water partition coefficient (Wildman–Crippen LogP) is 1.47. The first-order valence-electron chi connectivity index (χ1n) is 5.32. The third kappa shape index (κ3) is 3.11. The lowest BCUT2D eigenvalue weighted by Gasteiger charge is -2.23. The van der Waals surface area contributed by atoms with E-state index in [1.807, 2.05) is 0 Å². The average molecular weight is 170 g/mol. The molecule has 1 atom stereocenters. The summed E-state index contributed by atoms with van der Waals surface area (Å²) in [7, 11) is 0. The van der Waals surface area contributed by atoms with Crippen molar-refractivity contribution in [3.05, 3.63) is 0 Å². The molecule has 0 saturated carbocycles. The van der Waals surface area contributed by atoms with Crippen molar-refractivity contribution in [1.29, 1.82) is 0 Å². The molecule has 0 bridgehead atoms. The first kappa shape index (κ1) is 10.0. The van der Waals surface area contributed by atoms with E-state index in [1.165, 1.54) is 45.4 Å². The largest absolute Gasteiger partial charge is 0.313 e. The van der Waals surface area contributed by atoms with Crippen molar-refractivity contribution in [2.24, 2.45) is 0 Å². The zero-order valence-corrected chi connectivity index (χ0v) is 8.47. The third-order valence-corrected chi connectivity index (χ3v) is 2.63. The van der Waals surface area contributed by atoms with Crippen molar-refractivity contribution < 1.29 is 0 Å². The van der Waals surface area contributed by atoms with Gasteiger partial charge in [0.2, 0.25) is 0 Å². The van der Waals surface area contributed by atoms with Crippen molar-refractivity contribution in [2.75, 3.05) is 26.2 Å². The van der Waals surface area contributed by atoms with Crippen LogP contribution in [0.2, 0.25) is 0 Å². The summed E-state index contributed by atoms with van der Waals surface area (Å²) < 4.78 is 0. The smallest absolute Gasteiger partial charge is 0.0195 e. The number of likely N-dealkylation sites (N-methyl/N-ethyl adjacent to an activating group) is 1. The van der Waals surface area contributed by atoms with E-state index in [-0.39, 0.29) is 0 Å². The molecule has 1 aliphatic heterocycles. The molecule has 1 saturated heterocycles. The Morgan fingerprint density at radius 3 is 2.75 bits per heavy atom. The van der Waals surface area contributed by atoms with Gasteiger partial charge in [0.25, 0.3) is 0 Å². The van der Waals surface area contributed by atoms with Gasteiger partial charge in [0.1, 0.15) is 0 Å². The highest BCUT2D eigenvalue weighted by molar-refractivity contribution is 4.77. The van der Waals surface area contributed by atoms with Crippen LogP contribution in [0, 0.1) is 0 Å².